The van der Waals surface area contributed by atoms with Gasteiger partial charge in [0.05, 0.1) is 11.0 Å². The zero-order chi connectivity index (χ0) is 23.8. The molecule has 2 heterocycles. The number of alkyl halides is 3. The molecule has 0 saturated carbocycles. The molecule has 0 radical (unpaired) electrons. The topological polar surface area (TPSA) is 117 Å². The fourth-order valence-corrected chi connectivity index (χ4v) is 3.29. The number of carboxylic acids is 1. The molecule has 176 valence electrons. The molecule has 2 aliphatic rings. The fourth-order valence-electron chi connectivity index (χ4n) is 3.29. The summed E-state index contributed by atoms with van der Waals surface area (Å²) in [5.74, 6) is -2.35. The van der Waals surface area contributed by atoms with E-state index in [1.807, 2.05) is 31.2 Å². The fraction of sp³-hybridized carbons (Fsp3) is 0.476. The number of benzene rings is 1. The lowest BCUT2D eigenvalue weighted by molar-refractivity contribution is -0.192. The van der Waals surface area contributed by atoms with Gasteiger partial charge in [-0.2, -0.15) is 13.2 Å². The third-order valence-electron chi connectivity index (χ3n) is 5.06. The van der Waals surface area contributed by atoms with Crippen LogP contribution in [0.15, 0.2) is 36.4 Å². The van der Waals surface area contributed by atoms with E-state index in [2.05, 4.69) is 16.0 Å². The van der Waals surface area contributed by atoms with E-state index in [1.165, 1.54) is 0 Å². The molecule has 1 aromatic rings. The van der Waals surface area contributed by atoms with Gasteiger partial charge in [-0.1, -0.05) is 24.3 Å². The number of hydrogen-bond acceptors (Lipinski definition) is 5. The number of ether oxygens (including phenoxy) is 1. The lowest BCUT2D eigenvalue weighted by Crippen LogP contribution is -2.48. The number of carbonyl (C=O) groups is 3. The molecule has 8 nitrogen and oxygen atoms in total. The standard InChI is InChI=1S/C19H25N3O3.C2HF3O2/c1-14-12-21-18(24)19(9-10-20-13-19)8-4-5-11-25-16-7-3-2-6-15(16)17(23)22-14;3-2(4,5)1(6)7/h2-7,14,20H,8-13H2,1H3,(H,21,24)(H,22,23);(H,6,7)/b5-4+;/t14-,19?;/m0./s1. The van der Waals surface area contributed by atoms with Gasteiger partial charge in [0.25, 0.3) is 5.91 Å². The molecule has 1 spiro atoms. The van der Waals surface area contributed by atoms with Gasteiger partial charge < -0.3 is 25.8 Å². The molecular weight excluding hydrogens is 431 g/mol. The van der Waals surface area contributed by atoms with Crippen LogP contribution < -0.4 is 20.7 Å². The Balaban J connectivity index is 0.000000451. The van der Waals surface area contributed by atoms with Gasteiger partial charge in [0.1, 0.15) is 12.4 Å². The van der Waals surface area contributed by atoms with Crippen LogP contribution in [0.1, 0.15) is 30.1 Å². The number of carbonyl (C=O) groups excluding carboxylic acids is 2. The molecule has 4 N–H and O–H groups in total. The van der Waals surface area contributed by atoms with Gasteiger partial charge in [-0.05, 0) is 38.4 Å². The third-order valence-corrected chi connectivity index (χ3v) is 5.06. The van der Waals surface area contributed by atoms with Gasteiger partial charge in [-0.25, -0.2) is 4.79 Å². The number of halogens is 3. The van der Waals surface area contributed by atoms with Gasteiger partial charge in [-0.3, -0.25) is 9.59 Å². The van der Waals surface area contributed by atoms with E-state index in [4.69, 9.17) is 14.6 Å². The third kappa shape index (κ3) is 6.98. The van der Waals surface area contributed by atoms with Gasteiger partial charge in [0.15, 0.2) is 0 Å². The summed E-state index contributed by atoms with van der Waals surface area (Å²) in [6.07, 6.45) is 0.325. The average Bonchev–Trinajstić information content (AvgIpc) is 3.21. The normalized spacial score (nSPS) is 25.2. The maximum absolute atomic E-state index is 12.7. The summed E-state index contributed by atoms with van der Waals surface area (Å²) < 4.78 is 37.5. The second-order valence-electron chi connectivity index (χ2n) is 7.58. The molecule has 1 saturated heterocycles. The second-order valence-corrected chi connectivity index (χ2v) is 7.58. The Morgan fingerprint density at radius 2 is 1.91 bits per heavy atom. The second kappa shape index (κ2) is 11.0. The van der Waals surface area contributed by atoms with E-state index >= 15 is 0 Å². The molecule has 32 heavy (non-hydrogen) atoms. The van der Waals surface area contributed by atoms with Crippen LogP contribution in [0.2, 0.25) is 0 Å². The van der Waals surface area contributed by atoms with Crippen LogP contribution in [0.4, 0.5) is 13.2 Å². The molecule has 2 amide bonds. The highest BCUT2D eigenvalue weighted by atomic mass is 19.4. The number of aliphatic carboxylic acids is 1. The number of fused-ring (bicyclic) bond motifs is 1. The molecule has 1 fully saturated rings. The molecule has 2 aliphatic heterocycles. The summed E-state index contributed by atoms with van der Waals surface area (Å²) >= 11 is 0. The molecule has 11 heteroatoms. The van der Waals surface area contributed by atoms with E-state index in [9.17, 15) is 22.8 Å². The van der Waals surface area contributed by atoms with E-state index in [0.717, 1.165) is 13.0 Å². The highest BCUT2D eigenvalue weighted by Gasteiger charge is 2.40. The number of para-hydroxylation sites is 1. The van der Waals surface area contributed by atoms with Crippen molar-refractivity contribution >= 4 is 17.8 Å². The predicted molar refractivity (Wildman–Crippen MR) is 109 cm³/mol. The van der Waals surface area contributed by atoms with Crippen molar-refractivity contribution in [2.24, 2.45) is 5.41 Å². The van der Waals surface area contributed by atoms with Crippen LogP contribution in [0.25, 0.3) is 0 Å². The van der Waals surface area contributed by atoms with Crippen molar-refractivity contribution in [1.29, 1.82) is 0 Å². The smallest absolute Gasteiger partial charge is 0.489 e. The average molecular weight is 457 g/mol. The summed E-state index contributed by atoms with van der Waals surface area (Å²) in [7, 11) is 0. The Morgan fingerprint density at radius 1 is 1.22 bits per heavy atom. The molecule has 0 aliphatic carbocycles. The number of amides is 2. The van der Waals surface area contributed by atoms with Gasteiger partial charge in [-0.15, -0.1) is 0 Å². The first-order chi connectivity index (χ1) is 15.0. The van der Waals surface area contributed by atoms with Crippen molar-refractivity contribution in [2.45, 2.75) is 32.0 Å². The molecule has 0 aromatic heterocycles. The van der Waals surface area contributed by atoms with Crippen molar-refractivity contribution in [3.05, 3.63) is 42.0 Å². The van der Waals surface area contributed by atoms with Crippen LogP contribution in [-0.4, -0.2) is 61.3 Å². The van der Waals surface area contributed by atoms with Crippen molar-refractivity contribution in [2.75, 3.05) is 26.2 Å². The number of hydrogen-bond donors (Lipinski definition) is 4. The van der Waals surface area contributed by atoms with Crippen LogP contribution in [-0.2, 0) is 9.59 Å². The molecule has 1 unspecified atom stereocenters. The highest BCUT2D eigenvalue weighted by molar-refractivity contribution is 5.97. The van der Waals surface area contributed by atoms with Gasteiger partial charge >= 0.3 is 12.1 Å². The van der Waals surface area contributed by atoms with Crippen LogP contribution in [0.5, 0.6) is 5.75 Å². The zero-order valence-electron chi connectivity index (χ0n) is 17.5. The Kier molecular flexibility index (Phi) is 8.64. The Morgan fingerprint density at radius 3 is 2.53 bits per heavy atom. The first kappa shape index (κ1) is 25.2. The molecule has 0 bridgehead atoms. The zero-order valence-corrected chi connectivity index (χ0v) is 17.5. The first-order valence-corrected chi connectivity index (χ1v) is 10.0. The summed E-state index contributed by atoms with van der Waals surface area (Å²) in [5, 5.41) is 16.3. The predicted octanol–water partition coefficient (Wildman–Crippen LogP) is 1.87. The van der Waals surface area contributed by atoms with Crippen molar-refractivity contribution < 1.29 is 37.4 Å². The number of carboxylic acid groups (broad SMARTS) is 1. The molecule has 3 rings (SSSR count). The number of rotatable bonds is 0. The maximum atomic E-state index is 12.7. The van der Waals surface area contributed by atoms with E-state index in [0.29, 0.717) is 37.4 Å². The lowest BCUT2D eigenvalue weighted by atomic mass is 9.82. The minimum atomic E-state index is -5.08. The van der Waals surface area contributed by atoms with Crippen molar-refractivity contribution in [3.63, 3.8) is 0 Å². The summed E-state index contributed by atoms with van der Waals surface area (Å²) in [6.45, 7) is 4.17. The van der Waals surface area contributed by atoms with Gasteiger partial charge in [0, 0.05) is 19.1 Å². The van der Waals surface area contributed by atoms with E-state index in [1.54, 1.807) is 12.1 Å². The SMILES string of the molecule is C[C@H]1CNC(=O)C2(C/C=C/COc3ccccc3C(=O)N1)CCNC2.O=C(O)C(F)(F)F. The minimum Gasteiger partial charge on any atom is -0.489 e. The highest BCUT2D eigenvalue weighted by Crippen LogP contribution is 2.30. The monoisotopic (exact) mass is 457 g/mol. The summed E-state index contributed by atoms with van der Waals surface area (Å²) in [4.78, 5) is 34.1. The van der Waals surface area contributed by atoms with Crippen molar-refractivity contribution in [3.8, 4) is 5.75 Å². The molecular formula is C21H26F3N3O5. The number of allylic oxidation sites excluding steroid dienone is 1. The lowest BCUT2D eigenvalue weighted by Gasteiger charge is -2.27. The van der Waals surface area contributed by atoms with Crippen molar-refractivity contribution in [1.82, 2.24) is 16.0 Å². The minimum absolute atomic E-state index is 0.0432. The largest absolute Gasteiger partial charge is 0.490 e. The van der Waals surface area contributed by atoms with Crippen LogP contribution >= 0.6 is 0 Å². The summed E-state index contributed by atoms with van der Waals surface area (Å²) in [5.41, 5.74) is 0.0880. The van der Waals surface area contributed by atoms with E-state index < -0.39 is 17.6 Å². The summed E-state index contributed by atoms with van der Waals surface area (Å²) in [6, 6.07) is 7.02. The Hall–Kier alpha value is -3.08. The maximum Gasteiger partial charge on any atom is 0.490 e. The quantitative estimate of drug-likeness (QED) is 0.442. The first-order valence-electron chi connectivity index (χ1n) is 10.0. The number of nitrogens with one attached hydrogen (secondary N) is 3. The van der Waals surface area contributed by atoms with Gasteiger partial charge in [0.2, 0.25) is 5.91 Å². The van der Waals surface area contributed by atoms with Crippen LogP contribution in [0.3, 0.4) is 0 Å². The molecule has 1 aromatic carbocycles. The molecule has 2 atom stereocenters. The Bertz CT molecular complexity index is 851. The van der Waals surface area contributed by atoms with E-state index in [-0.39, 0.29) is 17.9 Å². The Labute approximate surface area is 183 Å². The van der Waals surface area contributed by atoms with Crippen LogP contribution in [0, 0.1) is 5.41 Å².